The molecule has 4 aliphatic rings. The number of hydrogen-bond acceptors (Lipinski definition) is 3. The van der Waals surface area contributed by atoms with E-state index in [0.717, 1.165) is 44.2 Å². The molecule has 0 aromatic heterocycles. The number of carbonyl (C=O) groups is 2. The largest absolute Gasteiger partial charge is 0.390 e. The van der Waals surface area contributed by atoms with Crippen LogP contribution in [0.25, 0.3) is 0 Å². The highest BCUT2D eigenvalue weighted by molar-refractivity contribution is 6.10. The van der Waals surface area contributed by atoms with E-state index in [0.29, 0.717) is 41.4 Å². The van der Waals surface area contributed by atoms with Crippen LogP contribution in [0.2, 0.25) is 0 Å². The molecule has 2 aromatic rings. The molecule has 4 bridgehead atoms. The normalized spacial score (nSPS) is 30.4. The molecule has 0 aliphatic heterocycles. The second-order valence-corrected chi connectivity index (χ2v) is 9.87. The predicted molar refractivity (Wildman–Crippen MR) is 115 cm³/mol. The molecule has 6 heteroatoms. The number of aliphatic hydroxyl groups is 1. The zero-order valence-electron chi connectivity index (χ0n) is 18.0. The summed E-state index contributed by atoms with van der Waals surface area (Å²) in [5, 5.41) is 14.0. The molecule has 0 heterocycles. The minimum absolute atomic E-state index is 0.0682. The third-order valence-electron chi connectivity index (χ3n) is 7.71. The average molecular weight is 440 g/mol. The maximum atomic E-state index is 14.1. The van der Waals surface area contributed by atoms with Crippen molar-refractivity contribution in [3.63, 3.8) is 0 Å². The van der Waals surface area contributed by atoms with Gasteiger partial charge in [-0.15, -0.1) is 0 Å². The van der Waals surface area contributed by atoms with Gasteiger partial charge >= 0.3 is 0 Å². The summed E-state index contributed by atoms with van der Waals surface area (Å²) in [6.45, 7) is 1.90. The molecule has 6 rings (SSSR count). The number of ketones is 1. The predicted octanol–water partition coefficient (Wildman–Crippen LogP) is 4.43. The molecular formula is C26H27F2NO3. The van der Waals surface area contributed by atoms with Crippen molar-refractivity contribution in [1.82, 2.24) is 5.32 Å². The molecule has 2 aromatic carbocycles. The first kappa shape index (κ1) is 21.3. The third kappa shape index (κ3) is 3.64. The van der Waals surface area contributed by atoms with E-state index in [1.165, 1.54) is 6.07 Å². The molecule has 32 heavy (non-hydrogen) atoms. The second kappa shape index (κ2) is 7.77. The fourth-order valence-electron chi connectivity index (χ4n) is 6.52. The number of aryl methyl sites for hydroxylation is 1. The van der Waals surface area contributed by atoms with Crippen LogP contribution in [0, 0.1) is 29.4 Å². The van der Waals surface area contributed by atoms with E-state index >= 15 is 0 Å². The monoisotopic (exact) mass is 439 g/mol. The number of carbonyl (C=O) groups excluding carboxylic acids is 2. The van der Waals surface area contributed by atoms with Crippen LogP contribution in [-0.4, -0.2) is 28.4 Å². The van der Waals surface area contributed by atoms with E-state index in [2.05, 4.69) is 5.32 Å². The minimum Gasteiger partial charge on any atom is -0.390 e. The van der Waals surface area contributed by atoms with Gasteiger partial charge in [0.25, 0.3) is 5.91 Å². The van der Waals surface area contributed by atoms with Gasteiger partial charge in [-0.2, -0.15) is 0 Å². The maximum Gasteiger partial charge on any atom is 0.251 e. The SMILES string of the molecule is CCc1cc(C(=O)c2ccc(F)cc2F)ccc1C(=O)NC1C2CC3CC1CC(O)(C3)C2. The lowest BCUT2D eigenvalue weighted by molar-refractivity contribution is -0.136. The van der Waals surface area contributed by atoms with Gasteiger partial charge in [0.05, 0.1) is 11.2 Å². The van der Waals surface area contributed by atoms with Crippen molar-refractivity contribution >= 4 is 11.7 Å². The Labute approximate surface area is 186 Å². The van der Waals surface area contributed by atoms with Gasteiger partial charge in [0.15, 0.2) is 5.78 Å². The molecule has 4 nitrogen and oxygen atoms in total. The Hall–Kier alpha value is -2.60. The van der Waals surface area contributed by atoms with Crippen molar-refractivity contribution in [2.24, 2.45) is 17.8 Å². The summed E-state index contributed by atoms with van der Waals surface area (Å²) in [5.74, 6) is -1.17. The van der Waals surface area contributed by atoms with E-state index in [-0.39, 0.29) is 23.1 Å². The van der Waals surface area contributed by atoms with Gasteiger partial charge in [0, 0.05) is 23.2 Å². The van der Waals surface area contributed by atoms with E-state index in [1.807, 2.05) is 6.92 Å². The van der Waals surface area contributed by atoms with E-state index in [1.54, 1.807) is 12.1 Å². The van der Waals surface area contributed by atoms with Gasteiger partial charge in [-0.1, -0.05) is 13.0 Å². The number of benzene rings is 2. The topological polar surface area (TPSA) is 66.4 Å². The fraction of sp³-hybridized carbons (Fsp3) is 0.462. The molecule has 0 spiro atoms. The van der Waals surface area contributed by atoms with Crippen LogP contribution >= 0.6 is 0 Å². The third-order valence-corrected chi connectivity index (χ3v) is 7.71. The molecule has 4 saturated carbocycles. The molecule has 4 fully saturated rings. The first-order valence-electron chi connectivity index (χ1n) is 11.4. The molecule has 0 saturated heterocycles. The summed E-state index contributed by atoms with van der Waals surface area (Å²) < 4.78 is 27.3. The summed E-state index contributed by atoms with van der Waals surface area (Å²) in [4.78, 5) is 25.9. The number of rotatable bonds is 5. The number of halogens is 2. The maximum absolute atomic E-state index is 14.1. The van der Waals surface area contributed by atoms with E-state index in [4.69, 9.17) is 0 Å². The van der Waals surface area contributed by atoms with E-state index in [9.17, 15) is 23.5 Å². The van der Waals surface area contributed by atoms with Crippen LogP contribution in [0.1, 0.15) is 70.9 Å². The van der Waals surface area contributed by atoms with Crippen LogP contribution in [0.15, 0.2) is 36.4 Å². The average Bonchev–Trinajstić information content (AvgIpc) is 2.74. The zero-order chi connectivity index (χ0) is 22.6. The molecule has 168 valence electrons. The van der Waals surface area contributed by atoms with Crippen molar-refractivity contribution < 1.29 is 23.5 Å². The van der Waals surface area contributed by atoms with Crippen molar-refractivity contribution in [1.29, 1.82) is 0 Å². The van der Waals surface area contributed by atoms with Crippen LogP contribution in [-0.2, 0) is 6.42 Å². The van der Waals surface area contributed by atoms with Crippen LogP contribution in [0.4, 0.5) is 8.78 Å². The van der Waals surface area contributed by atoms with Gasteiger partial charge in [0.1, 0.15) is 11.6 Å². The van der Waals surface area contributed by atoms with Crippen LogP contribution < -0.4 is 5.32 Å². The summed E-state index contributed by atoms with van der Waals surface area (Å²) in [5.41, 5.74) is 0.733. The first-order valence-corrected chi connectivity index (χ1v) is 11.4. The molecule has 2 atom stereocenters. The number of amides is 1. The van der Waals surface area contributed by atoms with E-state index < -0.39 is 23.0 Å². The minimum atomic E-state index is -0.904. The Morgan fingerprint density at radius 1 is 1.03 bits per heavy atom. The highest BCUT2D eigenvalue weighted by Crippen LogP contribution is 2.55. The number of hydrogen-bond donors (Lipinski definition) is 2. The van der Waals surface area contributed by atoms with Crippen molar-refractivity contribution in [3.05, 3.63) is 70.3 Å². The Kier molecular flexibility index (Phi) is 5.16. The first-order chi connectivity index (χ1) is 15.3. The van der Waals surface area contributed by atoms with Crippen molar-refractivity contribution in [2.75, 3.05) is 0 Å². The summed E-state index contributed by atoms with van der Waals surface area (Å²) in [7, 11) is 0. The van der Waals surface area contributed by atoms with Gasteiger partial charge in [0.2, 0.25) is 0 Å². The molecule has 2 unspecified atom stereocenters. The number of nitrogens with one attached hydrogen (secondary N) is 1. The Morgan fingerprint density at radius 2 is 1.72 bits per heavy atom. The molecule has 2 N–H and O–H groups in total. The lowest BCUT2D eigenvalue weighted by Crippen LogP contribution is -2.61. The zero-order valence-corrected chi connectivity index (χ0v) is 18.0. The lowest BCUT2D eigenvalue weighted by Gasteiger charge is -2.58. The molecule has 1 amide bonds. The van der Waals surface area contributed by atoms with Crippen LogP contribution in [0.5, 0.6) is 0 Å². The smallest absolute Gasteiger partial charge is 0.251 e. The Balaban J connectivity index is 1.36. The molecular weight excluding hydrogens is 412 g/mol. The molecule has 0 radical (unpaired) electrons. The van der Waals surface area contributed by atoms with Gasteiger partial charge in [-0.05, 0) is 86.1 Å². The quantitative estimate of drug-likeness (QED) is 0.678. The van der Waals surface area contributed by atoms with Gasteiger partial charge < -0.3 is 10.4 Å². The van der Waals surface area contributed by atoms with Crippen molar-refractivity contribution in [2.45, 2.75) is 57.1 Å². The van der Waals surface area contributed by atoms with Crippen LogP contribution in [0.3, 0.4) is 0 Å². The van der Waals surface area contributed by atoms with Gasteiger partial charge in [-0.3, -0.25) is 9.59 Å². The second-order valence-electron chi connectivity index (χ2n) is 9.87. The molecule has 4 aliphatic carbocycles. The summed E-state index contributed by atoms with van der Waals surface area (Å²) >= 11 is 0. The highest BCUT2D eigenvalue weighted by atomic mass is 19.1. The highest BCUT2D eigenvalue weighted by Gasteiger charge is 2.55. The lowest BCUT2D eigenvalue weighted by atomic mass is 9.52. The summed E-state index contributed by atoms with van der Waals surface area (Å²) in [6, 6.07) is 7.72. The van der Waals surface area contributed by atoms with Gasteiger partial charge in [-0.25, -0.2) is 8.78 Å². The van der Waals surface area contributed by atoms with Crippen molar-refractivity contribution in [3.8, 4) is 0 Å². The Morgan fingerprint density at radius 3 is 2.34 bits per heavy atom. The Bertz CT molecular complexity index is 1080. The summed E-state index contributed by atoms with van der Waals surface area (Å²) in [6.07, 6.45) is 5.05. The standard InChI is InChI=1S/C26H27F2NO3/c1-2-15-9-16(24(30)21-6-4-19(27)10-22(21)28)3-5-20(15)25(31)29-23-17-7-14-8-18(23)13-26(32,11-14)12-17/h3-6,9-10,14,17-18,23,32H,2,7-8,11-13H2,1H3,(H,29,31). The fourth-order valence-corrected chi connectivity index (χ4v) is 6.52.